The van der Waals surface area contributed by atoms with Gasteiger partial charge in [-0.15, -0.1) is 0 Å². The highest BCUT2D eigenvalue weighted by Gasteiger charge is 2.12. The molecule has 0 unspecified atom stereocenters. The largest absolute Gasteiger partial charge is 0.383 e. The number of methoxy groups -OCH3 is 2. The molecule has 0 saturated heterocycles. The Balaban J connectivity index is 2.35. The van der Waals surface area contributed by atoms with Gasteiger partial charge in [0, 0.05) is 38.3 Å². The average molecular weight is 359 g/mol. The van der Waals surface area contributed by atoms with E-state index in [0.29, 0.717) is 32.8 Å². The number of amides is 2. The molecule has 1 aromatic carbocycles. The summed E-state index contributed by atoms with van der Waals surface area (Å²) < 4.78 is 11.1. The first-order valence-corrected chi connectivity index (χ1v) is 7.71. The lowest BCUT2D eigenvalue weighted by atomic mass is 10.1. The molecule has 0 aliphatic heterocycles. The first-order valence-electron chi connectivity index (χ1n) is 6.92. The maximum Gasteiger partial charge on any atom is 0.317 e. The van der Waals surface area contributed by atoms with Crippen LogP contribution in [0.1, 0.15) is 5.56 Å². The van der Waals surface area contributed by atoms with Crippen LogP contribution in [0.4, 0.5) is 4.79 Å². The molecule has 0 aliphatic carbocycles. The fraction of sp³-hybridized carbons (Fsp3) is 0.533. The van der Waals surface area contributed by atoms with Gasteiger partial charge in [0.25, 0.3) is 0 Å². The van der Waals surface area contributed by atoms with Crippen LogP contribution >= 0.6 is 15.9 Å². The van der Waals surface area contributed by atoms with Crippen LogP contribution in [0, 0.1) is 0 Å². The molecule has 2 amide bonds. The monoisotopic (exact) mass is 358 g/mol. The van der Waals surface area contributed by atoms with Gasteiger partial charge in [-0.05, 0) is 24.1 Å². The number of urea groups is 1. The van der Waals surface area contributed by atoms with Gasteiger partial charge < -0.3 is 19.7 Å². The molecule has 0 aliphatic rings. The van der Waals surface area contributed by atoms with Crippen LogP contribution in [0.2, 0.25) is 0 Å². The van der Waals surface area contributed by atoms with E-state index in [0.717, 1.165) is 10.9 Å². The molecule has 1 N–H and O–H groups in total. The number of halogens is 1. The summed E-state index contributed by atoms with van der Waals surface area (Å²) in [6.45, 7) is 2.76. The number of hydrogen-bond donors (Lipinski definition) is 1. The van der Waals surface area contributed by atoms with Crippen molar-refractivity contribution < 1.29 is 14.3 Å². The highest BCUT2D eigenvalue weighted by molar-refractivity contribution is 9.10. The number of benzene rings is 1. The van der Waals surface area contributed by atoms with Crippen molar-refractivity contribution in [3.05, 3.63) is 34.3 Å². The summed E-state index contributed by atoms with van der Waals surface area (Å²) in [4.78, 5) is 13.8. The maximum absolute atomic E-state index is 12.1. The Hall–Kier alpha value is -1.11. The molecule has 5 nitrogen and oxygen atoms in total. The zero-order valence-electron chi connectivity index (χ0n) is 12.6. The summed E-state index contributed by atoms with van der Waals surface area (Å²) in [7, 11) is 3.25. The van der Waals surface area contributed by atoms with E-state index in [1.54, 1.807) is 19.1 Å². The van der Waals surface area contributed by atoms with Crippen LogP contribution in [0.5, 0.6) is 0 Å². The number of carbonyl (C=O) groups is 1. The van der Waals surface area contributed by atoms with Gasteiger partial charge in [-0.25, -0.2) is 4.79 Å². The Kier molecular flexibility index (Phi) is 9.05. The van der Waals surface area contributed by atoms with Crippen molar-refractivity contribution in [2.75, 3.05) is 47.1 Å². The molecule has 0 radical (unpaired) electrons. The Morgan fingerprint density at radius 1 is 1.14 bits per heavy atom. The van der Waals surface area contributed by atoms with Gasteiger partial charge in [0.05, 0.1) is 13.2 Å². The standard InChI is InChI=1S/C15H23BrN2O3/c1-20-11-9-18(10-12-21-2)15(19)17-8-7-13-3-5-14(16)6-4-13/h3-6H,7-12H2,1-2H3,(H,17,19). The molecular weight excluding hydrogens is 336 g/mol. The molecule has 0 bridgehead atoms. The summed E-state index contributed by atoms with van der Waals surface area (Å²) in [6, 6.07) is 8.01. The molecule has 0 fully saturated rings. The van der Waals surface area contributed by atoms with E-state index in [9.17, 15) is 4.79 Å². The molecule has 118 valence electrons. The molecule has 21 heavy (non-hydrogen) atoms. The molecule has 0 heterocycles. The Bertz CT molecular complexity index is 404. The zero-order valence-corrected chi connectivity index (χ0v) is 14.2. The van der Waals surface area contributed by atoms with Crippen LogP contribution in [-0.4, -0.2) is 58.0 Å². The number of nitrogens with one attached hydrogen (secondary N) is 1. The molecule has 0 saturated carbocycles. The summed E-state index contributed by atoms with van der Waals surface area (Å²) in [5.74, 6) is 0. The average Bonchev–Trinajstić information content (AvgIpc) is 2.49. The van der Waals surface area contributed by atoms with Gasteiger partial charge in [0.15, 0.2) is 0 Å². The van der Waals surface area contributed by atoms with Gasteiger partial charge in [-0.1, -0.05) is 28.1 Å². The Morgan fingerprint density at radius 3 is 2.24 bits per heavy atom. The van der Waals surface area contributed by atoms with Crippen molar-refractivity contribution in [1.82, 2.24) is 10.2 Å². The fourth-order valence-electron chi connectivity index (χ4n) is 1.79. The SMILES string of the molecule is COCCN(CCOC)C(=O)NCCc1ccc(Br)cc1. The second kappa shape index (κ2) is 10.6. The minimum Gasteiger partial charge on any atom is -0.383 e. The summed E-state index contributed by atoms with van der Waals surface area (Å²) in [5, 5.41) is 2.93. The molecule has 0 atom stereocenters. The predicted octanol–water partition coefficient (Wildman–Crippen LogP) is 2.30. The number of rotatable bonds is 9. The summed E-state index contributed by atoms with van der Waals surface area (Å²) in [5.41, 5.74) is 1.19. The lowest BCUT2D eigenvalue weighted by Gasteiger charge is -2.22. The number of nitrogens with zero attached hydrogens (tertiary/aromatic N) is 1. The van der Waals surface area contributed by atoms with E-state index in [4.69, 9.17) is 9.47 Å². The van der Waals surface area contributed by atoms with Gasteiger partial charge in [0.2, 0.25) is 0 Å². The molecule has 1 aromatic rings. The first kappa shape index (κ1) is 17.9. The van der Waals surface area contributed by atoms with Crippen LogP contribution in [0.25, 0.3) is 0 Å². The lowest BCUT2D eigenvalue weighted by Crippen LogP contribution is -2.43. The van der Waals surface area contributed by atoms with Gasteiger partial charge in [-0.2, -0.15) is 0 Å². The summed E-state index contributed by atoms with van der Waals surface area (Å²) in [6.07, 6.45) is 0.807. The van der Waals surface area contributed by atoms with E-state index in [-0.39, 0.29) is 6.03 Å². The predicted molar refractivity (Wildman–Crippen MR) is 86.6 cm³/mol. The van der Waals surface area contributed by atoms with Crippen molar-refractivity contribution in [3.63, 3.8) is 0 Å². The fourth-order valence-corrected chi connectivity index (χ4v) is 2.06. The topological polar surface area (TPSA) is 50.8 Å². The summed E-state index contributed by atoms with van der Waals surface area (Å²) >= 11 is 3.40. The second-order valence-corrected chi connectivity index (χ2v) is 5.50. The van der Waals surface area contributed by atoms with Gasteiger partial charge in [-0.3, -0.25) is 0 Å². The normalized spacial score (nSPS) is 10.4. The van der Waals surface area contributed by atoms with Crippen molar-refractivity contribution in [1.29, 1.82) is 0 Å². The minimum atomic E-state index is -0.0822. The van der Waals surface area contributed by atoms with E-state index < -0.39 is 0 Å². The van der Waals surface area contributed by atoms with Crippen LogP contribution in [0.15, 0.2) is 28.7 Å². The van der Waals surface area contributed by atoms with Crippen LogP contribution in [-0.2, 0) is 15.9 Å². The van der Waals surface area contributed by atoms with Crippen molar-refractivity contribution in [2.24, 2.45) is 0 Å². The molecular formula is C15H23BrN2O3. The third kappa shape index (κ3) is 7.45. The van der Waals surface area contributed by atoms with Crippen molar-refractivity contribution in [3.8, 4) is 0 Å². The van der Waals surface area contributed by atoms with Gasteiger partial charge in [0.1, 0.15) is 0 Å². The minimum absolute atomic E-state index is 0.0822. The highest BCUT2D eigenvalue weighted by Crippen LogP contribution is 2.10. The smallest absolute Gasteiger partial charge is 0.317 e. The molecule has 0 spiro atoms. The zero-order chi connectivity index (χ0) is 15.5. The third-order valence-electron chi connectivity index (χ3n) is 3.02. The van der Waals surface area contributed by atoms with E-state index in [2.05, 4.69) is 21.2 Å². The van der Waals surface area contributed by atoms with Crippen molar-refractivity contribution in [2.45, 2.75) is 6.42 Å². The third-order valence-corrected chi connectivity index (χ3v) is 3.55. The van der Waals surface area contributed by atoms with E-state index >= 15 is 0 Å². The van der Waals surface area contributed by atoms with E-state index in [1.807, 2.05) is 24.3 Å². The molecule has 6 heteroatoms. The number of carbonyl (C=O) groups excluding carboxylic acids is 1. The second-order valence-electron chi connectivity index (χ2n) is 4.58. The number of hydrogen-bond acceptors (Lipinski definition) is 3. The Labute approximate surface area is 134 Å². The quantitative estimate of drug-likeness (QED) is 0.736. The molecule has 0 aromatic heterocycles. The lowest BCUT2D eigenvalue weighted by molar-refractivity contribution is 0.122. The first-order chi connectivity index (χ1) is 10.2. The van der Waals surface area contributed by atoms with Gasteiger partial charge >= 0.3 is 6.03 Å². The highest BCUT2D eigenvalue weighted by atomic mass is 79.9. The maximum atomic E-state index is 12.1. The Morgan fingerprint density at radius 2 is 1.71 bits per heavy atom. The van der Waals surface area contributed by atoms with E-state index in [1.165, 1.54) is 5.56 Å². The van der Waals surface area contributed by atoms with Crippen LogP contribution in [0.3, 0.4) is 0 Å². The van der Waals surface area contributed by atoms with Crippen molar-refractivity contribution >= 4 is 22.0 Å². The number of ether oxygens (including phenoxy) is 2. The molecule has 1 rings (SSSR count). The van der Waals surface area contributed by atoms with Crippen LogP contribution < -0.4 is 5.32 Å².